The number of aromatic nitrogens is 2. The molecule has 1 aliphatic rings. The molecule has 1 amide bonds. The average molecular weight is 240 g/mol. The molecule has 0 saturated heterocycles. The number of nitrogens with zero attached hydrogens (tertiary/aromatic N) is 1. The summed E-state index contributed by atoms with van der Waals surface area (Å²) in [6, 6.07) is 1.54. The first-order valence-corrected chi connectivity index (χ1v) is 6.52. The Morgan fingerprint density at radius 1 is 1.75 bits per heavy atom. The van der Waals surface area contributed by atoms with Crippen LogP contribution in [0.5, 0.6) is 0 Å². The molecule has 0 aromatic carbocycles. The van der Waals surface area contributed by atoms with E-state index in [1.54, 1.807) is 6.07 Å². The fraction of sp³-hybridized carbons (Fsp3) is 0.600. The van der Waals surface area contributed by atoms with Gasteiger partial charge < -0.3 is 11.1 Å². The first-order valence-electron chi connectivity index (χ1n) is 5.29. The summed E-state index contributed by atoms with van der Waals surface area (Å²) in [4.78, 5) is 11.7. The molecule has 0 atom stereocenters. The van der Waals surface area contributed by atoms with Crippen molar-refractivity contribution in [1.82, 2.24) is 15.5 Å². The standard InChI is InChI=1S/C10H16N4OS/c1-16-10(3-2-4-10)6-12-9(15)7-5-8(11)14-13-7/h5H,2-4,6H2,1H3,(H,12,15)(H3,11,13,14). The van der Waals surface area contributed by atoms with Crippen LogP contribution in [0.4, 0.5) is 5.82 Å². The van der Waals surface area contributed by atoms with Gasteiger partial charge in [-0.25, -0.2) is 0 Å². The van der Waals surface area contributed by atoms with E-state index in [0.717, 1.165) is 0 Å². The second-order valence-electron chi connectivity index (χ2n) is 4.13. The van der Waals surface area contributed by atoms with Crippen LogP contribution in [0.15, 0.2) is 6.07 Å². The summed E-state index contributed by atoms with van der Waals surface area (Å²) < 4.78 is 0.251. The van der Waals surface area contributed by atoms with E-state index in [9.17, 15) is 4.79 Å². The molecule has 1 saturated carbocycles. The van der Waals surface area contributed by atoms with Crippen molar-refractivity contribution in [3.63, 3.8) is 0 Å². The highest BCUT2D eigenvalue weighted by atomic mass is 32.2. The molecule has 4 N–H and O–H groups in total. The summed E-state index contributed by atoms with van der Waals surface area (Å²) in [6.07, 6.45) is 5.71. The summed E-state index contributed by atoms with van der Waals surface area (Å²) in [6.45, 7) is 0.714. The highest BCUT2D eigenvalue weighted by molar-refractivity contribution is 8.00. The number of anilines is 1. The molecule has 1 fully saturated rings. The van der Waals surface area contributed by atoms with E-state index < -0.39 is 0 Å². The van der Waals surface area contributed by atoms with Crippen LogP contribution in [0.1, 0.15) is 29.8 Å². The molecule has 0 unspecified atom stereocenters. The fourth-order valence-electron chi connectivity index (χ4n) is 1.81. The van der Waals surface area contributed by atoms with E-state index in [4.69, 9.17) is 5.73 Å². The topological polar surface area (TPSA) is 83.8 Å². The van der Waals surface area contributed by atoms with Gasteiger partial charge in [-0.1, -0.05) is 6.42 Å². The van der Waals surface area contributed by atoms with Crippen molar-refractivity contribution in [3.8, 4) is 0 Å². The van der Waals surface area contributed by atoms with Gasteiger partial charge in [0.2, 0.25) is 0 Å². The van der Waals surface area contributed by atoms with Gasteiger partial charge in [0.1, 0.15) is 11.5 Å². The van der Waals surface area contributed by atoms with Gasteiger partial charge in [-0.3, -0.25) is 9.89 Å². The molecule has 0 spiro atoms. The zero-order valence-corrected chi connectivity index (χ0v) is 10.1. The van der Waals surface area contributed by atoms with E-state index in [0.29, 0.717) is 18.1 Å². The second kappa shape index (κ2) is 4.37. The van der Waals surface area contributed by atoms with Crippen molar-refractivity contribution in [2.45, 2.75) is 24.0 Å². The monoisotopic (exact) mass is 240 g/mol. The lowest BCUT2D eigenvalue weighted by Gasteiger charge is -2.40. The van der Waals surface area contributed by atoms with Gasteiger partial charge in [0, 0.05) is 17.4 Å². The molecule has 0 bridgehead atoms. The Morgan fingerprint density at radius 3 is 2.94 bits per heavy atom. The Hall–Kier alpha value is -1.17. The maximum absolute atomic E-state index is 11.7. The minimum absolute atomic E-state index is 0.135. The molecule has 88 valence electrons. The number of carbonyl (C=O) groups excluding carboxylic acids is 1. The fourth-order valence-corrected chi connectivity index (χ4v) is 2.73. The minimum Gasteiger partial charge on any atom is -0.382 e. The van der Waals surface area contributed by atoms with Gasteiger partial charge in [-0.2, -0.15) is 16.9 Å². The van der Waals surface area contributed by atoms with Crippen molar-refractivity contribution < 1.29 is 4.79 Å². The van der Waals surface area contributed by atoms with Crippen LogP contribution in [0, 0.1) is 0 Å². The zero-order valence-electron chi connectivity index (χ0n) is 9.25. The van der Waals surface area contributed by atoms with Crippen LogP contribution >= 0.6 is 11.8 Å². The van der Waals surface area contributed by atoms with E-state index in [1.807, 2.05) is 11.8 Å². The number of nitrogens with two attached hydrogens (primary N) is 1. The van der Waals surface area contributed by atoms with E-state index >= 15 is 0 Å². The molecule has 1 heterocycles. The van der Waals surface area contributed by atoms with Crippen molar-refractivity contribution in [3.05, 3.63) is 11.8 Å². The van der Waals surface area contributed by atoms with Crippen molar-refractivity contribution in [1.29, 1.82) is 0 Å². The molecule has 1 aromatic rings. The maximum Gasteiger partial charge on any atom is 0.269 e. The van der Waals surface area contributed by atoms with Crippen molar-refractivity contribution in [2.24, 2.45) is 0 Å². The quantitative estimate of drug-likeness (QED) is 0.733. The molecular formula is C10H16N4OS. The van der Waals surface area contributed by atoms with Crippen LogP contribution in [0.2, 0.25) is 0 Å². The first-order chi connectivity index (χ1) is 7.65. The number of nitrogens with one attached hydrogen (secondary N) is 2. The van der Waals surface area contributed by atoms with Crippen LogP contribution < -0.4 is 11.1 Å². The van der Waals surface area contributed by atoms with E-state index in [1.165, 1.54) is 19.3 Å². The molecule has 5 nitrogen and oxygen atoms in total. The molecule has 1 aromatic heterocycles. The summed E-state index contributed by atoms with van der Waals surface area (Å²) in [5, 5.41) is 9.24. The predicted molar refractivity (Wildman–Crippen MR) is 65.4 cm³/mol. The van der Waals surface area contributed by atoms with Crippen molar-refractivity contribution >= 4 is 23.5 Å². The largest absolute Gasteiger partial charge is 0.382 e. The van der Waals surface area contributed by atoms with Gasteiger partial charge in [-0.15, -0.1) is 0 Å². The zero-order chi connectivity index (χ0) is 11.6. The van der Waals surface area contributed by atoms with Crippen molar-refractivity contribution in [2.75, 3.05) is 18.5 Å². The average Bonchev–Trinajstić information content (AvgIpc) is 2.64. The minimum atomic E-state index is -0.135. The van der Waals surface area contributed by atoms with Crippen LogP contribution in [-0.2, 0) is 0 Å². The van der Waals surface area contributed by atoms with Gasteiger partial charge in [0.05, 0.1) is 0 Å². The number of hydrogen-bond acceptors (Lipinski definition) is 4. The Bertz CT molecular complexity index is 380. The number of nitrogen functional groups attached to an aromatic ring is 1. The maximum atomic E-state index is 11.7. The third-order valence-corrected chi connectivity index (χ3v) is 4.53. The third-order valence-electron chi connectivity index (χ3n) is 3.11. The number of carbonyl (C=O) groups is 1. The number of amides is 1. The number of rotatable bonds is 4. The molecular weight excluding hydrogens is 224 g/mol. The molecule has 0 aliphatic heterocycles. The normalized spacial score (nSPS) is 17.8. The van der Waals surface area contributed by atoms with E-state index in [-0.39, 0.29) is 10.7 Å². The summed E-state index contributed by atoms with van der Waals surface area (Å²) in [5.74, 6) is 0.206. The van der Waals surface area contributed by atoms with Crippen LogP contribution in [0.25, 0.3) is 0 Å². The number of hydrogen-bond donors (Lipinski definition) is 3. The Morgan fingerprint density at radius 2 is 2.50 bits per heavy atom. The highest BCUT2D eigenvalue weighted by Crippen LogP contribution is 2.42. The molecule has 6 heteroatoms. The molecule has 16 heavy (non-hydrogen) atoms. The predicted octanol–water partition coefficient (Wildman–Crippen LogP) is 1.01. The van der Waals surface area contributed by atoms with Crippen LogP contribution in [-0.4, -0.2) is 33.7 Å². The first kappa shape index (κ1) is 11.3. The summed E-state index contributed by atoms with van der Waals surface area (Å²) >= 11 is 1.84. The lowest BCUT2D eigenvalue weighted by molar-refractivity contribution is 0.0939. The SMILES string of the molecule is CSC1(CNC(=O)c2cc(N)n[nH]2)CCC1. The lowest BCUT2D eigenvalue weighted by atomic mass is 9.84. The third kappa shape index (κ3) is 2.16. The second-order valence-corrected chi connectivity index (χ2v) is 5.40. The summed E-state index contributed by atoms with van der Waals surface area (Å²) in [7, 11) is 0. The van der Waals surface area contributed by atoms with E-state index in [2.05, 4.69) is 21.8 Å². The Kier molecular flexibility index (Phi) is 3.09. The molecule has 0 radical (unpaired) electrons. The number of thioether (sulfide) groups is 1. The van der Waals surface area contributed by atoms with Gasteiger partial charge in [0.25, 0.3) is 5.91 Å². The highest BCUT2D eigenvalue weighted by Gasteiger charge is 2.36. The smallest absolute Gasteiger partial charge is 0.269 e. The van der Waals surface area contributed by atoms with Gasteiger partial charge in [0.15, 0.2) is 0 Å². The van der Waals surface area contributed by atoms with Gasteiger partial charge in [-0.05, 0) is 19.1 Å². The van der Waals surface area contributed by atoms with Gasteiger partial charge >= 0.3 is 0 Å². The lowest BCUT2D eigenvalue weighted by Crippen LogP contribution is -2.45. The number of H-pyrrole nitrogens is 1. The Labute approximate surface area is 98.6 Å². The Balaban J connectivity index is 1.88. The van der Waals surface area contributed by atoms with Crippen LogP contribution in [0.3, 0.4) is 0 Å². The summed E-state index contributed by atoms with van der Waals surface area (Å²) in [5.41, 5.74) is 5.86. The molecule has 2 rings (SSSR count). The number of aromatic amines is 1. The molecule has 1 aliphatic carbocycles.